The first kappa shape index (κ1) is 18.0. The van der Waals surface area contributed by atoms with Gasteiger partial charge < -0.3 is 19.7 Å². The van der Waals surface area contributed by atoms with Crippen LogP contribution in [0.25, 0.3) is 0 Å². The van der Waals surface area contributed by atoms with Crippen LogP contribution in [-0.2, 0) is 9.47 Å². The van der Waals surface area contributed by atoms with Crippen molar-refractivity contribution in [1.29, 1.82) is 0 Å². The van der Waals surface area contributed by atoms with Crippen LogP contribution in [0.15, 0.2) is 4.99 Å². The number of rotatable bonds is 5. The molecule has 2 unspecified atom stereocenters. The summed E-state index contributed by atoms with van der Waals surface area (Å²) in [5, 5.41) is 3.46. The van der Waals surface area contributed by atoms with E-state index in [1.807, 2.05) is 0 Å². The van der Waals surface area contributed by atoms with Gasteiger partial charge >= 0.3 is 0 Å². The van der Waals surface area contributed by atoms with E-state index in [9.17, 15) is 0 Å². The van der Waals surface area contributed by atoms with Gasteiger partial charge in [0.05, 0.1) is 19.3 Å². The Balaban J connectivity index is 1.45. The molecule has 0 amide bonds. The van der Waals surface area contributed by atoms with Crippen LogP contribution >= 0.6 is 0 Å². The minimum absolute atomic E-state index is 0.316. The summed E-state index contributed by atoms with van der Waals surface area (Å²) >= 11 is 0. The largest absolute Gasteiger partial charge is 0.381 e. The molecular formula is C18H34N4O2. The van der Waals surface area contributed by atoms with Gasteiger partial charge in [-0.15, -0.1) is 0 Å². The van der Waals surface area contributed by atoms with Gasteiger partial charge in [0.25, 0.3) is 0 Å². The van der Waals surface area contributed by atoms with E-state index in [0.29, 0.717) is 6.10 Å². The zero-order chi connectivity index (χ0) is 16.6. The molecule has 0 aliphatic carbocycles. The van der Waals surface area contributed by atoms with E-state index < -0.39 is 0 Å². The number of aliphatic imine (C=N–C) groups is 1. The first-order valence-electron chi connectivity index (χ1n) is 9.80. The number of guanidine groups is 1. The summed E-state index contributed by atoms with van der Waals surface area (Å²) in [6.07, 6.45) is 5.18. The predicted molar refractivity (Wildman–Crippen MR) is 96.5 cm³/mol. The Morgan fingerprint density at radius 1 is 1.12 bits per heavy atom. The molecule has 138 valence electrons. The molecule has 3 fully saturated rings. The SMILES string of the molecule is CCNC(=NCC1CCCCO1)N1CCN(CC2CCOC2)CC1. The van der Waals surface area contributed by atoms with Crippen LogP contribution in [0.3, 0.4) is 0 Å². The number of hydrogen-bond donors (Lipinski definition) is 1. The fourth-order valence-electron chi connectivity index (χ4n) is 3.80. The van der Waals surface area contributed by atoms with Crippen molar-refractivity contribution in [3.63, 3.8) is 0 Å². The van der Waals surface area contributed by atoms with E-state index >= 15 is 0 Å². The molecule has 0 aromatic rings. The number of piperazine rings is 1. The van der Waals surface area contributed by atoms with Crippen LogP contribution < -0.4 is 5.32 Å². The molecule has 2 atom stereocenters. The maximum absolute atomic E-state index is 5.81. The van der Waals surface area contributed by atoms with Gasteiger partial charge in [0.1, 0.15) is 0 Å². The van der Waals surface area contributed by atoms with Crippen LogP contribution in [0.4, 0.5) is 0 Å². The van der Waals surface area contributed by atoms with Crippen molar-refractivity contribution >= 4 is 5.96 Å². The van der Waals surface area contributed by atoms with E-state index in [4.69, 9.17) is 14.5 Å². The molecule has 3 saturated heterocycles. The summed E-state index contributed by atoms with van der Waals surface area (Å²) in [6.45, 7) is 12.2. The number of hydrogen-bond acceptors (Lipinski definition) is 4. The quantitative estimate of drug-likeness (QED) is 0.602. The highest BCUT2D eigenvalue weighted by atomic mass is 16.5. The lowest BCUT2D eigenvalue weighted by Gasteiger charge is -2.37. The Bertz CT molecular complexity index is 384. The van der Waals surface area contributed by atoms with Crippen molar-refractivity contribution < 1.29 is 9.47 Å². The van der Waals surface area contributed by atoms with Crippen molar-refractivity contribution in [3.8, 4) is 0 Å². The maximum Gasteiger partial charge on any atom is 0.194 e. The molecule has 0 bridgehead atoms. The molecule has 0 radical (unpaired) electrons. The molecule has 0 saturated carbocycles. The average molecular weight is 338 g/mol. The van der Waals surface area contributed by atoms with Gasteiger partial charge in [-0.25, -0.2) is 0 Å². The summed E-state index contributed by atoms with van der Waals surface area (Å²) in [4.78, 5) is 9.85. The van der Waals surface area contributed by atoms with Crippen molar-refractivity contribution in [2.75, 3.05) is 65.6 Å². The number of nitrogens with one attached hydrogen (secondary N) is 1. The van der Waals surface area contributed by atoms with Crippen LogP contribution in [-0.4, -0.2) is 87.5 Å². The Hall–Kier alpha value is -0.850. The normalized spacial score (nSPS) is 29.9. The summed E-state index contributed by atoms with van der Waals surface area (Å²) in [7, 11) is 0. The van der Waals surface area contributed by atoms with Crippen molar-refractivity contribution in [3.05, 3.63) is 0 Å². The fourth-order valence-corrected chi connectivity index (χ4v) is 3.80. The first-order chi connectivity index (χ1) is 11.8. The third-order valence-electron chi connectivity index (χ3n) is 5.27. The molecule has 0 spiro atoms. The minimum atomic E-state index is 0.316. The highest BCUT2D eigenvalue weighted by Gasteiger charge is 2.24. The standard InChI is InChI=1S/C18H34N4O2/c1-2-19-18(20-13-17-5-3-4-11-24-17)22-9-7-21(8-10-22)14-16-6-12-23-15-16/h16-17H,2-15H2,1H3,(H,19,20). The highest BCUT2D eigenvalue weighted by molar-refractivity contribution is 5.80. The van der Waals surface area contributed by atoms with Crippen LogP contribution in [0, 0.1) is 5.92 Å². The third-order valence-corrected chi connectivity index (χ3v) is 5.27. The smallest absolute Gasteiger partial charge is 0.194 e. The Kier molecular flexibility index (Phi) is 7.17. The summed E-state index contributed by atoms with van der Waals surface area (Å²) in [5.74, 6) is 1.80. The topological polar surface area (TPSA) is 49.3 Å². The molecule has 3 heterocycles. The second kappa shape index (κ2) is 9.59. The average Bonchev–Trinajstić information content (AvgIpc) is 3.13. The van der Waals surface area contributed by atoms with Crippen LogP contribution in [0.1, 0.15) is 32.6 Å². The summed E-state index contributed by atoms with van der Waals surface area (Å²) in [6, 6.07) is 0. The lowest BCUT2D eigenvalue weighted by molar-refractivity contribution is 0.0222. The minimum Gasteiger partial charge on any atom is -0.381 e. The van der Waals surface area contributed by atoms with E-state index in [-0.39, 0.29) is 0 Å². The van der Waals surface area contributed by atoms with Gasteiger partial charge in [-0.3, -0.25) is 9.89 Å². The van der Waals surface area contributed by atoms with Gasteiger partial charge in [0, 0.05) is 52.5 Å². The van der Waals surface area contributed by atoms with Crippen molar-refractivity contribution in [2.24, 2.45) is 10.9 Å². The van der Waals surface area contributed by atoms with Gasteiger partial charge in [0.2, 0.25) is 0 Å². The van der Waals surface area contributed by atoms with Crippen LogP contribution in [0.5, 0.6) is 0 Å². The maximum atomic E-state index is 5.81. The first-order valence-corrected chi connectivity index (χ1v) is 9.80. The molecule has 3 rings (SSSR count). The van der Waals surface area contributed by atoms with Crippen molar-refractivity contribution in [1.82, 2.24) is 15.1 Å². The molecule has 3 aliphatic rings. The van der Waals surface area contributed by atoms with Gasteiger partial charge in [-0.05, 0) is 38.5 Å². The third kappa shape index (κ3) is 5.33. The fraction of sp³-hybridized carbons (Fsp3) is 0.944. The summed E-state index contributed by atoms with van der Waals surface area (Å²) < 4.78 is 11.3. The zero-order valence-corrected chi connectivity index (χ0v) is 15.2. The molecule has 0 aromatic heterocycles. The summed E-state index contributed by atoms with van der Waals surface area (Å²) in [5.41, 5.74) is 0. The van der Waals surface area contributed by atoms with E-state index in [0.717, 1.165) is 77.4 Å². The molecule has 24 heavy (non-hydrogen) atoms. The highest BCUT2D eigenvalue weighted by Crippen LogP contribution is 2.16. The second-order valence-corrected chi connectivity index (χ2v) is 7.20. The van der Waals surface area contributed by atoms with Gasteiger partial charge in [-0.2, -0.15) is 0 Å². The molecule has 6 heteroatoms. The Morgan fingerprint density at radius 2 is 2.00 bits per heavy atom. The van der Waals surface area contributed by atoms with Gasteiger partial charge in [-0.1, -0.05) is 0 Å². The van der Waals surface area contributed by atoms with Crippen molar-refractivity contribution in [2.45, 2.75) is 38.7 Å². The number of nitrogens with zero attached hydrogens (tertiary/aromatic N) is 3. The molecular weight excluding hydrogens is 304 g/mol. The lowest BCUT2D eigenvalue weighted by Crippen LogP contribution is -2.53. The molecule has 3 aliphatic heterocycles. The Labute approximate surface area is 146 Å². The van der Waals surface area contributed by atoms with Crippen LogP contribution in [0.2, 0.25) is 0 Å². The van der Waals surface area contributed by atoms with E-state index in [1.165, 1.54) is 25.8 Å². The zero-order valence-electron chi connectivity index (χ0n) is 15.2. The predicted octanol–water partition coefficient (Wildman–Crippen LogP) is 1.18. The molecule has 0 aromatic carbocycles. The lowest BCUT2D eigenvalue weighted by atomic mass is 10.1. The second-order valence-electron chi connectivity index (χ2n) is 7.20. The molecule has 6 nitrogen and oxygen atoms in total. The molecule has 1 N–H and O–H groups in total. The van der Waals surface area contributed by atoms with E-state index in [2.05, 4.69) is 22.0 Å². The monoisotopic (exact) mass is 338 g/mol. The van der Waals surface area contributed by atoms with E-state index in [1.54, 1.807) is 0 Å². The van der Waals surface area contributed by atoms with Gasteiger partial charge in [0.15, 0.2) is 5.96 Å². The Morgan fingerprint density at radius 3 is 2.67 bits per heavy atom. The number of ether oxygens (including phenoxy) is 2.